The van der Waals surface area contributed by atoms with Crippen molar-refractivity contribution >= 4 is 11.8 Å². The lowest BCUT2D eigenvalue weighted by Crippen LogP contribution is -1.99. The van der Waals surface area contributed by atoms with Crippen LogP contribution in [-0.4, -0.2) is 11.8 Å². The molecular formula is C22H18O3. The molecule has 0 amide bonds. The van der Waals surface area contributed by atoms with Crippen molar-refractivity contribution in [2.24, 2.45) is 0 Å². The Labute approximate surface area is 147 Å². The fourth-order valence-electron chi connectivity index (χ4n) is 2.02. The van der Waals surface area contributed by atoms with E-state index in [1.807, 2.05) is 48.5 Å². The zero-order valence-electron chi connectivity index (χ0n) is 13.8. The summed E-state index contributed by atoms with van der Waals surface area (Å²) in [6.07, 6.45) is 2.82. The summed E-state index contributed by atoms with van der Waals surface area (Å²) in [6.45, 7) is 7.03. The normalized spacial score (nSPS) is 9.44. The van der Waals surface area contributed by atoms with Crippen molar-refractivity contribution in [2.45, 2.75) is 13.0 Å². The van der Waals surface area contributed by atoms with Gasteiger partial charge in [-0.05, 0) is 41.5 Å². The molecular weight excluding hydrogens is 312 g/mol. The Kier molecular flexibility index (Phi) is 6.50. The molecule has 0 radical (unpaired) electrons. The first kappa shape index (κ1) is 18.0. The lowest BCUT2D eigenvalue weighted by atomic mass is 10.1. The molecule has 0 aliphatic heterocycles. The number of carbonyl (C=O) groups excluding carboxylic acids is 2. The summed E-state index contributed by atoms with van der Waals surface area (Å²) in [5.74, 6) is 5.71. The molecule has 0 aliphatic carbocycles. The molecule has 0 aliphatic rings. The summed E-state index contributed by atoms with van der Waals surface area (Å²) in [5, 5.41) is 0. The number of benzene rings is 2. The molecule has 3 nitrogen and oxygen atoms in total. The number of hydrogen-bond donors (Lipinski definition) is 0. The molecule has 25 heavy (non-hydrogen) atoms. The van der Waals surface area contributed by atoms with Crippen LogP contribution >= 0.6 is 0 Å². The van der Waals surface area contributed by atoms with E-state index < -0.39 is 5.97 Å². The van der Waals surface area contributed by atoms with E-state index in [2.05, 4.69) is 25.0 Å². The minimum atomic E-state index is -0.442. The first-order valence-electron chi connectivity index (χ1n) is 7.75. The number of hydrogen-bond acceptors (Lipinski definition) is 3. The van der Waals surface area contributed by atoms with Gasteiger partial charge in [-0.25, -0.2) is 4.79 Å². The topological polar surface area (TPSA) is 43.4 Å². The Bertz CT molecular complexity index is 832. The summed E-state index contributed by atoms with van der Waals surface area (Å²) in [6, 6.07) is 15.0. The van der Waals surface area contributed by atoms with Crippen molar-refractivity contribution in [3.8, 4) is 11.8 Å². The summed E-state index contributed by atoms with van der Waals surface area (Å²) in [5.41, 5.74) is 3.56. The summed E-state index contributed by atoms with van der Waals surface area (Å²) in [7, 11) is 0. The third-order valence-corrected chi connectivity index (χ3v) is 3.41. The lowest BCUT2D eigenvalue weighted by molar-refractivity contribution is -0.139. The number of ether oxygens (including phenoxy) is 1. The molecule has 0 saturated heterocycles. The van der Waals surface area contributed by atoms with Crippen LogP contribution in [0.4, 0.5) is 0 Å². The molecule has 0 fully saturated rings. The van der Waals surface area contributed by atoms with Crippen molar-refractivity contribution in [1.29, 1.82) is 0 Å². The molecule has 3 heteroatoms. The van der Waals surface area contributed by atoms with Crippen molar-refractivity contribution in [3.63, 3.8) is 0 Å². The predicted octanol–water partition coefficient (Wildman–Crippen LogP) is 3.61. The van der Waals surface area contributed by atoms with Gasteiger partial charge < -0.3 is 4.74 Å². The fraction of sp³-hybridized carbons (Fsp3) is 0.0909. The van der Waals surface area contributed by atoms with Gasteiger partial charge in [0.25, 0.3) is 0 Å². The maximum absolute atomic E-state index is 11.3. The fourth-order valence-corrected chi connectivity index (χ4v) is 2.02. The van der Waals surface area contributed by atoms with Crippen LogP contribution in [0.15, 0.2) is 73.8 Å². The highest BCUT2D eigenvalue weighted by Crippen LogP contribution is 2.07. The molecule has 124 valence electrons. The van der Waals surface area contributed by atoms with Crippen molar-refractivity contribution < 1.29 is 14.3 Å². The van der Waals surface area contributed by atoms with Crippen molar-refractivity contribution in [2.75, 3.05) is 0 Å². The smallest absolute Gasteiger partial charge is 0.330 e. The Morgan fingerprint density at radius 3 is 1.84 bits per heavy atom. The predicted molar refractivity (Wildman–Crippen MR) is 97.8 cm³/mol. The average molecular weight is 330 g/mol. The standard InChI is InChI=1S/C22H18O3/c1-3-21(23)15-19-11-7-17(8-12-19)5-6-18-9-13-20(14-10-18)16-25-22(24)4-2/h3-4,7-14H,1-2,15-16H2. The molecule has 0 aromatic heterocycles. The quantitative estimate of drug-likeness (QED) is 0.462. The van der Waals surface area contributed by atoms with Gasteiger partial charge >= 0.3 is 5.97 Å². The highest BCUT2D eigenvalue weighted by Gasteiger charge is 1.99. The van der Waals surface area contributed by atoms with Crippen LogP contribution in [0.1, 0.15) is 22.3 Å². The van der Waals surface area contributed by atoms with Crippen molar-refractivity contribution in [3.05, 3.63) is 96.1 Å². The van der Waals surface area contributed by atoms with Gasteiger partial charge in [0.05, 0.1) is 0 Å². The Hall–Kier alpha value is -3.38. The van der Waals surface area contributed by atoms with Gasteiger partial charge in [-0.15, -0.1) is 0 Å². The maximum atomic E-state index is 11.3. The van der Waals surface area contributed by atoms with E-state index in [1.165, 1.54) is 6.08 Å². The second-order valence-corrected chi connectivity index (χ2v) is 5.30. The molecule has 2 aromatic carbocycles. The van der Waals surface area contributed by atoms with E-state index in [1.54, 1.807) is 0 Å². The summed E-state index contributed by atoms with van der Waals surface area (Å²) < 4.78 is 4.97. The van der Waals surface area contributed by atoms with Crippen LogP contribution in [0.3, 0.4) is 0 Å². The molecule has 0 spiro atoms. The van der Waals surface area contributed by atoms with Gasteiger partial charge in [0.2, 0.25) is 0 Å². The minimum absolute atomic E-state index is 0.00214. The Balaban J connectivity index is 1.98. The molecule has 0 unspecified atom stereocenters. The van der Waals surface area contributed by atoms with E-state index >= 15 is 0 Å². The number of ketones is 1. The largest absolute Gasteiger partial charge is 0.458 e. The SMILES string of the molecule is C=CC(=O)Cc1ccc(C#Cc2ccc(COC(=O)C=C)cc2)cc1. The maximum Gasteiger partial charge on any atom is 0.330 e. The van der Waals surface area contributed by atoms with Gasteiger partial charge in [0.15, 0.2) is 5.78 Å². The first-order chi connectivity index (χ1) is 12.1. The van der Waals surface area contributed by atoms with E-state index in [-0.39, 0.29) is 12.4 Å². The molecule has 0 heterocycles. The second kappa shape index (κ2) is 9.05. The van der Waals surface area contributed by atoms with Gasteiger partial charge in [-0.2, -0.15) is 0 Å². The monoisotopic (exact) mass is 330 g/mol. The van der Waals surface area contributed by atoms with Gasteiger partial charge in [-0.3, -0.25) is 4.79 Å². The average Bonchev–Trinajstić information content (AvgIpc) is 2.66. The molecule has 0 bridgehead atoms. The zero-order chi connectivity index (χ0) is 18.1. The van der Waals surface area contributed by atoms with Crippen LogP contribution in [0, 0.1) is 11.8 Å². The van der Waals surface area contributed by atoms with Crippen LogP contribution in [0.25, 0.3) is 0 Å². The van der Waals surface area contributed by atoms with Gasteiger partial charge in [0, 0.05) is 23.6 Å². The van der Waals surface area contributed by atoms with Crippen LogP contribution in [0.2, 0.25) is 0 Å². The minimum Gasteiger partial charge on any atom is -0.458 e. The highest BCUT2D eigenvalue weighted by molar-refractivity contribution is 5.90. The van der Waals surface area contributed by atoms with E-state index in [4.69, 9.17) is 4.74 Å². The van der Waals surface area contributed by atoms with E-state index in [9.17, 15) is 9.59 Å². The molecule has 0 N–H and O–H groups in total. The third kappa shape index (κ3) is 5.96. The number of esters is 1. The van der Waals surface area contributed by atoms with Gasteiger partial charge in [0.1, 0.15) is 6.61 Å². The number of carbonyl (C=O) groups is 2. The van der Waals surface area contributed by atoms with Crippen molar-refractivity contribution in [1.82, 2.24) is 0 Å². The molecule has 2 rings (SSSR count). The third-order valence-electron chi connectivity index (χ3n) is 3.41. The number of rotatable bonds is 6. The molecule has 0 saturated carbocycles. The summed E-state index contributed by atoms with van der Waals surface area (Å²) in [4.78, 5) is 22.4. The zero-order valence-corrected chi connectivity index (χ0v) is 13.8. The molecule has 0 atom stereocenters. The van der Waals surface area contributed by atoms with Gasteiger partial charge in [-0.1, -0.05) is 49.3 Å². The second-order valence-electron chi connectivity index (χ2n) is 5.30. The Morgan fingerprint density at radius 1 is 0.840 bits per heavy atom. The first-order valence-corrected chi connectivity index (χ1v) is 7.75. The highest BCUT2D eigenvalue weighted by atomic mass is 16.5. The number of allylic oxidation sites excluding steroid dienone is 1. The van der Waals surface area contributed by atoms with Crippen LogP contribution in [0.5, 0.6) is 0 Å². The summed E-state index contributed by atoms with van der Waals surface area (Å²) >= 11 is 0. The molecule has 2 aromatic rings. The van der Waals surface area contributed by atoms with E-state index in [0.717, 1.165) is 28.3 Å². The lowest BCUT2D eigenvalue weighted by Gasteiger charge is -2.02. The van der Waals surface area contributed by atoms with Crippen LogP contribution in [-0.2, 0) is 27.4 Å². The van der Waals surface area contributed by atoms with E-state index in [0.29, 0.717) is 6.42 Å². The Morgan fingerprint density at radius 2 is 1.36 bits per heavy atom. The van der Waals surface area contributed by atoms with Crippen LogP contribution < -0.4 is 0 Å².